The molecule has 1 aliphatic rings. The molecule has 2 unspecified atom stereocenters. The number of nitrogens with one attached hydrogen (secondary N) is 2. The molecule has 18 heavy (non-hydrogen) atoms. The quantitative estimate of drug-likeness (QED) is 0.893. The third-order valence-electron chi connectivity index (χ3n) is 3.00. The average Bonchev–Trinajstić information content (AvgIpc) is 2.82. The van der Waals surface area contributed by atoms with Crippen LogP contribution in [0.5, 0.6) is 0 Å². The molecular formula is C12H14BrFN2O2. The Labute approximate surface area is 113 Å². The first kappa shape index (κ1) is 13.5. The minimum atomic E-state index is -0.461. The first-order valence-corrected chi connectivity index (χ1v) is 6.42. The van der Waals surface area contributed by atoms with Crippen molar-refractivity contribution in [2.24, 2.45) is 5.92 Å². The summed E-state index contributed by atoms with van der Waals surface area (Å²) < 4.78 is 19.4. The maximum absolute atomic E-state index is 13.6. The Morgan fingerprint density at radius 3 is 2.94 bits per heavy atom. The molecule has 1 aliphatic heterocycles. The predicted molar refractivity (Wildman–Crippen MR) is 69.9 cm³/mol. The Morgan fingerprint density at radius 2 is 2.28 bits per heavy atom. The van der Waals surface area contributed by atoms with Gasteiger partial charge < -0.3 is 15.4 Å². The third-order valence-corrected chi connectivity index (χ3v) is 3.66. The van der Waals surface area contributed by atoms with E-state index in [9.17, 15) is 9.18 Å². The van der Waals surface area contributed by atoms with Gasteiger partial charge in [-0.2, -0.15) is 0 Å². The van der Waals surface area contributed by atoms with Crippen molar-refractivity contribution in [3.8, 4) is 0 Å². The van der Waals surface area contributed by atoms with Crippen molar-refractivity contribution in [1.82, 2.24) is 5.32 Å². The fourth-order valence-corrected chi connectivity index (χ4v) is 2.37. The lowest BCUT2D eigenvalue weighted by Gasteiger charge is -2.17. The Morgan fingerprint density at radius 1 is 1.50 bits per heavy atom. The molecule has 0 spiro atoms. The normalized spacial score (nSPS) is 23.1. The fraction of sp³-hybridized carbons (Fsp3) is 0.417. The van der Waals surface area contributed by atoms with Crippen LogP contribution in [0.2, 0.25) is 0 Å². The molecule has 1 saturated heterocycles. The van der Waals surface area contributed by atoms with Crippen molar-refractivity contribution in [2.75, 3.05) is 25.6 Å². The largest absolute Gasteiger partial charge is 0.379 e. The summed E-state index contributed by atoms with van der Waals surface area (Å²) in [4.78, 5) is 12.1. The molecule has 1 aromatic carbocycles. The Kier molecular flexibility index (Phi) is 4.31. The van der Waals surface area contributed by atoms with Crippen molar-refractivity contribution in [3.63, 3.8) is 0 Å². The average molecular weight is 317 g/mol. The molecule has 2 N–H and O–H groups in total. The summed E-state index contributed by atoms with van der Waals surface area (Å²) in [5, 5.41) is 5.62. The van der Waals surface area contributed by atoms with Crippen molar-refractivity contribution in [3.05, 3.63) is 28.5 Å². The lowest BCUT2D eigenvalue weighted by molar-refractivity contribution is -0.120. The van der Waals surface area contributed by atoms with Crippen molar-refractivity contribution < 1.29 is 13.9 Å². The second-order valence-corrected chi connectivity index (χ2v) is 4.98. The van der Waals surface area contributed by atoms with E-state index in [0.717, 1.165) is 0 Å². The number of anilines is 1. The topological polar surface area (TPSA) is 50.4 Å². The van der Waals surface area contributed by atoms with Gasteiger partial charge in [-0.3, -0.25) is 4.79 Å². The van der Waals surface area contributed by atoms with E-state index in [-0.39, 0.29) is 23.6 Å². The van der Waals surface area contributed by atoms with Crippen LogP contribution in [0.4, 0.5) is 10.1 Å². The van der Waals surface area contributed by atoms with Gasteiger partial charge in [0.05, 0.1) is 24.8 Å². The molecule has 0 saturated carbocycles. The summed E-state index contributed by atoms with van der Waals surface area (Å²) >= 11 is 3.21. The van der Waals surface area contributed by atoms with Gasteiger partial charge in [-0.15, -0.1) is 0 Å². The van der Waals surface area contributed by atoms with Crippen LogP contribution in [-0.4, -0.2) is 32.2 Å². The van der Waals surface area contributed by atoms with Gasteiger partial charge >= 0.3 is 0 Å². The second-order valence-electron chi connectivity index (χ2n) is 4.13. The van der Waals surface area contributed by atoms with Gasteiger partial charge in [-0.25, -0.2) is 4.39 Å². The summed E-state index contributed by atoms with van der Waals surface area (Å²) in [7, 11) is 1.78. The monoisotopic (exact) mass is 316 g/mol. The number of ether oxygens (including phenoxy) is 1. The summed E-state index contributed by atoms with van der Waals surface area (Å²) in [6.07, 6.45) is 0. The molecule has 6 heteroatoms. The van der Waals surface area contributed by atoms with Crippen LogP contribution in [0.3, 0.4) is 0 Å². The van der Waals surface area contributed by atoms with Crippen LogP contribution < -0.4 is 10.6 Å². The van der Waals surface area contributed by atoms with Crippen LogP contribution in [0, 0.1) is 11.7 Å². The summed E-state index contributed by atoms with van der Waals surface area (Å²) in [6.45, 7) is 0.844. The zero-order valence-electron chi connectivity index (χ0n) is 9.87. The van der Waals surface area contributed by atoms with Crippen molar-refractivity contribution in [2.45, 2.75) is 6.04 Å². The van der Waals surface area contributed by atoms with E-state index in [0.29, 0.717) is 17.7 Å². The van der Waals surface area contributed by atoms with Gasteiger partial charge in [-0.1, -0.05) is 6.07 Å². The maximum atomic E-state index is 13.6. The van der Waals surface area contributed by atoms with Crippen LogP contribution >= 0.6 is 15.9 Å². The first-order valence-electron chi connectivity index (χ1n) is 5.63. The highest BCUT2D eigenvalue weighted by Crippen LogP contribution is 2.26. The molecule has 2 atom stereocenters. The van der Waals surface area contributed by atoms with E-state index in [1.165, 1.54) is 6.07 Å². The Bertz CT molecular complexity index is 435. The molecular weight excluding hydrogens is 303 g/mol. The number of halogens is 2. The highest BCUT2D eigenvalue weighted by atomic mass is 79.9. The molecule has 98 valence electrons. The van der Waals surface area contributed by atoms with Gasteiger partial charge in [0.15, 0.2) is 0 Å². The minimum Gasteiger partial charge on any atom is -0.379 e. The Hall–Kier alpha value is -0.980. The lowest BCUT2D eigenvalue weighted by atomic mass is 10.0. The molecule has 1 amide bonds. The lowest BCUT2D eigenvalue weighted by Crippen LogP contribution is -2.39. The third kappa shape index (κ3) is 2.71. The first-order chi connectivity index (χ1) is 8.63. The van der Waals surface area contributed by atoms with Crippen LogP contribution in [-0.2, 0) is 9.53 Å². The SMILES string of the molecule is CNC1COCC1C(=O)Nc1c(F)cccc1Br. The molecule has 1 aromatic rings. The van der Waals surface area contributed by atoms with Crippen molar-refractivity contribution in [1.29, 1.82) is 0 Å². The summed E-state index contributed by atoms with van der Waals surface area (Å²) in [5.74, 6) is -1.00. The molecule has 1 heterocycles. The van der Waals surface area contributed by atoms with E-state index >= 15 is 0 Å². The molecule has 0 radical (unpaired) electrons. The number of hydrogen-bond acceptors (Lipinski definition) is 3. The van der Waals surface area contributed by atoms with Gasteiger partial charge in [-0.05, 0) is 35.1 Å². The number of benzene rings is 1. The highest BCUT2D eigenvalue weighted by molar-refractivity contribution is 9.10. The molecule has 4 nitrogen and oxygen atoms in total. The summed E-state index contributed by atoms with van der Waals surface area (Å²) in [5.41, 5.74) is 0.171. The number of likely N-dealkylation sites (N-methyl/N-ethyl adjacent to an activating group) is 1. The molecule has 0 bridgehead atoms. The number of carbonyl (C=O) groups excluding carboxylic acids is 1. The number of para-hydroxylation sites is 1. The highest BCUT2D eigenvalue weighted by Gasteiger charge is 2.33. The Balaban J connectivity index is 2.12. The van der Waals surface area contributed by atoms with Gasteiger partial charge in [0.25, 0.3) is 0 Å². The number of amides is 1. The van der Waals surface area contributed by atoms with E-state index in [2.05, 4.69) is 26.6 Å². The number of rotatable bonds is 3. The molecule has 1 fully saturated rings. The zero-order valence-corrected chi connectivity index (χ0v) is 11.5. The predicted octanol–water partition coefficient (Wildman–Crippen LogP) is 1.76. The maximum Gasteiger partial charge on any atom is 0.231 e. The minimum absolute atomic E-state index is 0.0319. The standard InChI is InChI=1S/C12H14BrFN2O2/c1-15-10-6-18-5-7(10)12(17)16-11-8(13)3-2-4-9(11)14/h2-4,7,10,15H,5-6H2,1H3,(H,16,17). The van der Waals surface area contributed by atoms with Crippen LogP contribution in [0.1, 0.15) is 0 Å². The number of hydrogen-bond donors (Lipinski definition) is 2. The van der Waals surface area contributed by atoms with E-state index in [1.807, 2.05) is 0 Å². The molecule has 0 aliphatic carbocycles. The fourth-order valence-electron chi connectivity index (χ4n) is 1.93. The van der Waals surface area contributed by atoms with E-state index in [1.54, 1.807) is 19.2 Å². The smallest absolute Gasteiger partial charge is 0.231 e. The molecule has 2 rings (SSSR count). The second kappa shape index (κ2) is 5.77. The van der Waals surface area contributed by atoms with Crippen LogP contribution in [0.15, 0.2) is 22.7 Å². The van der Waals surface area contributed by atoms with E-state index in [4.69, 9.17) is 4.74 Å². The summed E-state index contributed by atoms with van der Waals surface area (Å²) in [6, 6.07) is 4.53. The van der Waals surface area contributed by atoms with Gasteiger partial charge in [0.1, 0.15) is 5.82 Å². The van der Waals surface area contributed by atoms with Gasteiger partial charge in [0.2, 0.25) is 5.91 Å². The molecule has 0 aromatic heterocycles. The van der Waals surface area contributed by atoms with Gasteiger partial charge in [0, 0.05) is 10.5 Å². The van der Waals surface area contributed by atoms with E-state index < -0.39 is 5.82 Å². The number of carbonyl (C=O) groups is 1. The van der Waals surface area contributed by atoms with Crippen LogP contribution in [0.25, 0.3) is 0 Å². The zero-order chi connectivity index (χ0) is 13.1. The van der Waals surface area contributed by atoms with Crippen molar-refractivity contribution >= 4 is 27.5 Å².